The molecule has 1 atom stereocenters. The summed E-state index contributed by atoms with van der Waals surface area (Å²) in [4.78, 5) is 10.2. The molecule has 2 rings (SSSR count). The highest BCUT2D eigenvalue weighted by Gasteiger charge is 2.27. The van der Waals surface area contributed by atoms with Crippen molar-refractivity contribution < 1.29 is 13.3 Å². The van der Waals surface area contributed by atoms with Crippen LogP contribution in [0.3, 0.4) is 0 Å². The minimum absolute atomic E-state index is 0.0714. The lowest BCUT2D eigenvalue weighted by Gasteiger charge is -2.13. The third-order valence-corrected chi connectivity index (χ3v) is 5.54. The standard InChI is InChI=1S/C12H15ClN2O4S/c1-8-4-12(15(16)17)10(13)5-11(8)14-6-9-2-3-20(18,19)7-9/h4-5,9,14H,2-3,6-7H2,1H3. The number of nitrogens with zero attached hydrogens (tertiary/aromatic N) is 1. The van der Waals surface area contributed by atoms with Gasteiger partial charge in [-0.25, -0.2) is 8.42 Å². The van der Waals surface area contributed by atoms with Gasteiger partial charge in [-0.3, -0.25) is 10.1 Å². The Balaban J connectivity index is 2.07. The molecule has 8 heteroatoms. The van der Waals surface area contributed by atoms with Crippen LogP contribution in [-0.4, -0.2) is 31.4 Å². The van der Waals surface area contributed by atoms with Gasteiger partial charge in [0, 0.05) is 18.3 Å². The molecule has 0 bridgehead atoms. The number of nitro groups is 1. The highest BCUT2D eigenvalue weighted by Crippen LogP contribution is 2.31. The number of nitro benzene ring substituents is 1. The molecule has 0 aliphatic carbocycles. The largest absolute Gasteiger partial charge is 0.384 e. The first-order chi connectivity index (χ1) is 9.28. The second-order valence-corrected chi connectivity index (χ2v) is 7.66. The van der Waals surface area contributed by atoms with Crippen LogP contribution in [0.1, 0.15) is 12.0 Å². The molecule has 1 fully saturated rings. The maximum absolute atomic E-state index is 11.4. The number of rotatable bonds is 4. The van der Waals surface area contributed by atoms with E-state index in [2.05, 4.69) is 5.32 Å². The van der Waals surface area contributed by atoms with Crippen molar-refractivity contribution in [1.82, 2.24) is 0 Å². The van der Waals surface area contributed by atoms with Gasteiger partial charge in [0.15, 0.2) is 9.84 Å². The zero-order valence-corrected chi connectivity index (χ0v) is 12.5. The van der Waals surface area contributed by atoms with Gasteiger partial charge in [0.05, 0.1) is 16.4 Å². The summed E-state index contributed by atoms with van der Waals surface area (Å²) in [7, 11) is -2.89. The summed E-state index contributed by atoms with van der Waals surface area (Å²) in [6.45, 7) is 2.27. The van der Waals surface area contributed by atoms with Crippen molar-refractivity contribution in [2.24, 2.45) is 5.92 Å². The first-order valence-electron chi connectivity index (χ1n) is 6.17. The van der Waals surface area contributed by atoms with E-state index in [0.717, 1.165) is 0 Å². The van der Waals surface area contributed by atoms with Gasteiger partial charge in [0.1, 0.15) is 5.02 Å². The number of sulfone groups is 1. The predicted octanol–water partition coefficient (Wildman–Crippen LogP) is 2.40. The monoisotopic (exact) mass is 318 g/mol. The Kier molecular flexibility index (Phi) is 4.19. The molecule has 1 aliphatic heterocycles. The Bertz CT molecular complexity index is 645. The summed E-state index contributed by atoms with van der Waals surface area (Å²) in [6.07, 6.45) is 0.648. The maximum atomic E-state index is 11.4. The molecule has 1 aliphatic rings. The van der Waals surface area contributed by atoms with Crippen molar-refractivity contribution in [3.05, 3.63) is 32.8 Å². The van der Waals surface area contributed by atoms with Crippen LogP contribution in [0.4, 0.5) is 11.4 Å². The molecule has 20 heavy (non-hydrogen) atoms. The van der Waals surface area contributed by atoms with Gasteiger partial charge >= 0.3 is 0 Å². The molecule has 0 saturated carbocycles. The number of anilines is 1. The van der Waals surface area contributed by atoms with E-state index in [9.17, 15) is 18.5 Å². The summed E-state index contributed by atoms with van der Waals surface area (Å²) < 4.78 is 22.7. The molecule has 0 radical (unpaired) electrons. The van der Waals surface area contributed by atoms with Gasteiger partial charge in [-0.05, 0) is 30.9 Å². The lowest BCUT2D eigenvalue weighted by Crippen LogP contribution is -2.16. The number of nitrogens with one attached hydrogen (secondary N) is 1. The maximum Gasteiger partial charge on any atom is 0.288 e. The smallest absolute Gasteiger partial charge is 0.288 e. The molecular formula is C12H15ClN2O4S. The van der Waals surface area contributed by atoms with E-state index < -0.39 is 14.8 Å². The van der Waals surface area contributed by atoms with Crippen LogP contribution in [0, 0.1) is 23.0 Å². The summed E-state index contributed by atoms with van der Waals surface area (Å²) in [5, 5.41) is 14.0. The molecular weight excluding hydrogens is 304 g/mol. The summed E-state index contributed by atoms with van der Waals surface area (Å²) >= 11 is 5.86. The zero-order chi connectivity index (χ0) is 14.9. The predicted molar refractivity (Wildman–Crippen MR) is 78.1 cm³/mol. The average molecular weight is 319 g/mol. The van der Waals surface area contributed by atoms with Crippen LogP contribution in [0.25, 0.3) is 0 Å². The number of aryl methyl sites for hydroxylation is 1. The molecule has 0 amide bonds. The van der Waals surface area contributed by atoms with E-state index in [1.54, 1.807) is 6.92 Å². The van der Waals surface area contributed by atoms with E-state index in [4.69, 9.17) is 11.6 Å². The third-order valence-electron chi connectivity index (χ3n) is 3.40. The van der Waals surface area contributed by atoms with Crippen LogP contribution in [0.5, 0.6) is 0 Å². The number of hydrogen-bond donors (Lipinski definition) is 1. The fraction of sp³-hybridized carbons (Fsp3) is 0.500. The molecule has 1 aromatic rings. The van der Waals surface area contributed by atoms with Gasteiger partial charge < -0.3 is 5.32 Å². The minimum Gasteiger partial charge on any atom is -0.384 e. The van der Waals surface area contributed by atoms with Gasteiger partial charge in [-0.15, -0.1) is 0 Å². The van der Waals surface area contributed by atoms with Crippen LogP contribution in [0.15, 0.2) is 12.1 Å². The Hall–Kier alpha value is -1.34. The van der Waals surface area contributed by atoms with Crippen molar-refractivity contribution in [2.45, 2.75) is 13.3 Å². The van der Waals surface area contributed by atoms with E-state index in [-0.39, 0.29) is 28.1 Å². The fourth-order valence-corrected chi connectivity index (χ4v) is 4.38. The second-order valence-electron chi connectivity index (χ2n) is 5.03. The topological polar surface area (TPSA) is 89.3 Å². The van der Waals surface area contributed by atoms with Crippen LogP contribution >= 0.6 is 11.6 Å². The first-order valence-corrected chi connectivity index (χ1v) is 8.37. The normalized spacial score (nSPS) is 20.8. The van der Waals surface area contributed by atoms with Crippen molar-refractivity contribution in [1.29, 1.82) is 0 Å². The molecule has 1 N–H and O–H groups in total. The van der Waals surface area contributed by atoms with E-state index in [1.807, 2.05) is 0 Å². The van der Waals surface area contributed by atoms with Crippen LogP contribution in [-0.2, 0) is 9.84 Å². The minimum atomic E-state index is -2.89. The fourth-order valence-electron chi connectivity index (χ4n) is 2.28. The second kappa shape index (κ2) is 5.57. The molecule has 1 saturated heterocycles. The quantitative estimate of drug-likeness (QED) is 0.680. The summed E-state index contributed by atoms with van der Waals surface area (Å²) in [6, 6.07) is 2.93. The Morgan fingerprint density at radius 2 is 2.20 bits per heavy atom. The molecule has 110 valence electrons. The summed E-state index contributed by atoms with van der Waals surface area (Å²) in [5.41, 5.74) is 1.28. The molecule has 1 unspecified atom stereocenters. The molecule has 1 aromatic carbocycles. The van der Waals surface area contributed by atoms with Gasteiger partial charge in [-0.1, -0.05) is 11.6 Å². The van der Waals surface area contributed by atoms with Crippen molar-refractivity contribution in [3.8, 4) is 0 Å². The summed E-state index contributed by atoms with van der Waals surface area (Å²) in [5.74, 6) is 0.507. The first kappa shape index (κ1) is 15.1. The third kappa shape index (κ3) is 3.40. The highest BCUT2D eigenvalue weighted by atomic mass is 35.5. The zero-order valence-electron chi connectivity index (χ0n) is 10.9. The number of hydrogen-bond acceptors (Lipinski definition) is 5. The Morgan fingerprint density at radius 3 is 2.75 bits per heavy atom. The lowest BCUT2D eigenvalue weighted by atomic mass is 10.1. The van der Waals surface area contributed by atoms with Gasteiger partial charge in [-0.2, -0.15) is 0 Å². The molecule has 1 heterocycles. The molecule has 6 nitrogen and oxygen atoms in total. The SMILES string of the molecule is Cc1cc([N+](=O)[O-])c(Cl)cc1NCC1CCS(=O)(=O)C1. The van der Waals surface area contributed by atoms with E-state index in [0.29, 0.717) is 24.2 Å². The average Bonchev–Trinajstić information content (AvgIpc) is 2.69. The van der Waals surface area contributed by atoms with Crippen LogP contribution in [0.2, 0.25) is 5.02 Å². The van der Waals surface area contributed by atoms with E-state index in [1.165, 1.54) is 12.1 Å². The molecule has 0 aromatic heterocycles. The van der Waals surface area contributed by atoms with Crippen molar-refractivity contribution >= 4 is 32.8 Å². The van der Waals surface area contributed by atoms with E-state index >= 15 is 0 Å². The Morgan fingerprint density at radius 1 is 1.50 bits per heavy atom. The Labute approximate surface area is 122 Å². The highest BCUT2D eigenvalue weighted by molar-refractivity contribution is 7.91. The number of benzene rings is 1. The van der Waals surface area contributed by atoms with Gasteiger partial charge in [0.25, 0.3) is 5.69 Å². The van der Waals surface area contributed by atoms with Gasteiger partial charge in [0.2, 0.25) is 0 Å². The lowest BCUT2D eigenvalue weighted by molar-refractivity contribution is -0.384. The van der Waals surface area contributed by atoms with Crippen molar-refractivity contribution in [3.63, 3.8) is 0 Å². The van der Waals surface area contributed by atoms with Crippen molar-refractivity contribution in [2.75, 3.05) is 23.4 Å². The molecule has 0 spiro atoms. The van der Waals surface area contributed by atoms with Crippen LogP contribution < -0.4 is 5.32 Å². The number of halogens is 1.